The quantitative estimate of drug-likeness (QED) is 0.423. The van der Waals surface area contributed by atoms with Gasteiger partial charge in [0, 0.05) is 18.1 Å². The van der Waals surface area contributed by atoms with Gasteiger partial charge in [0.05, 0.1) is 17.2 Å². The number of rotatable bonds is 5. The van der Waals surface area contributed by atoms with E-state index >= 15 is 0 Å². The van der Waals surface area contributed by atoms with Crippen molar-refractivity contribution in [3.63, 3.8) is 0 Å². The molecule has 0 saturated heterocycles. The van der Waals surface area contributed by atoms with Gasteiger partial charge in [0.25, 0.3) is 11.9 Å². The Labute approximate surface area is 187 Å². The Morgan fingerprint density at radius 2 is 1.88 bits per heavy atom. The van der Waals surface area contributed by atoms with Gasteiger partial charge in [-0.15, -0.1) is 0 Å². The summed E-state index contributed by atoms with van der Waals surface area (Å²) in [5, 5.41) is 15.4. The molecule has 0 spiro atoms. The summed E-state index contributed by atoms with van der Waals surface area (Å²) in [6, 6.07) is 5.90. The lowest BCUT2D eigenvalue weighted by molar-refractivity contribution is -0.141. The summed E-state index contributed by atoms with van der Waals surface area (Å²) < 4.78 is 78.2. The van der Waals surface area contributed by atoms with Crippen LogP contribution < -0.4 is 5.32 Å². The molecule has 0 aliphatic heterocycles. The summed E-state index contributed by atoms with van der Waals surface area (Å²) in [5.41, 5.74) is -2.39. The Kier molecular flexibility index (Phi) is 5.46. The average Bonchev–Trinajstić information content (AvgIpc) is 3.39. The molecule has 0 unspecified atom stereocenters. The van der Waals surface area contributed by atoms with Gasteiger partial charge >= 0.3 is 12.4 Å². The molecule has 1 aliphatic rings. The first-order valence-corrected chi connectivity index (χ1v) is 9.56. The van der Waals surface area contributed by atoms with Crippen LogP contribution in [0.2, 0.25) is 0 Å². The second-order valence-corrected chi connectivity index (χ2v) is 7.35. The SMILES string of the molecule is CC(=Nc1nc(Nc2ccnc(C3(C#N)CC3)c2)nc(-n2ccc(C(F)(F)F)n2)n1)C(F)(F)F. The monoisotopic (exact) mass is 481 g/mol. The van der Waals surface area contributed by atoms with Gasteiger partial charge in [-0.2, -0.15) is 51.7 Å². The zero-order valence-electron chi connectivity index (χ0n) is 17.1. The Balaban J connectivity index is 1.74. The van der Waals surface area contributed by atoms with E-state index in [-0.39, 0.29) is 5.95 Å². The molecule has 1 saturated carbocycles. The maximum Gasteiger partial charge on any atom is 0.435 e. The molecular formula is C19H13F6N9. The topological polar surface area (TPSA) is 118 Å². The van der Waals surface area contributed by atoms with Crippen LogP contribution >= 0.6 is 0 Å². The van der Waals surface area contributed by atoms with E-state index in [1.807, 2.05) is 0 Å². The van der Waals surface area contributed by atoms with E-state index in [9.17, 15) is 31.6 Å². The normalized spacial score (nSPS) is 15.6. The average molecular weight is 481 g/mol. The zero-order chi connectivity index (χ0) is 24.7. The number of pyridine rings is 1. The maximum atomic E-state index is 12.9. The molecule has 3 aromatic heterocycles. The Morgan fingerprint density at radius 1 is 1.15 bits per heavy atom. The molecule has 0 radical (unpaired) electrons. The summed E-state index contributed by atoms with van der Waals surface area (Å²) in [5.74, 6) is -1.50. The van der Waals surface area contributed by atoms with E-state index in [0.29, 0.717) is 41.9 Å². The fourth-order valence-corrected chi connectivity index (χ4v) is 2.81. The Morgan fingerprint density at radius 3 is 2.47 bits per heavy atom. The van der Waals surface area contributed by atoms with Gasteiger partial charge < -0.3 is 5.32 Å². The smallest absolute Gasteiger partial charge is 0.324 e. The molecule has 0 aromatic carbocycles. The fourth-order valence-electron chi connectivity index (χ4n) is 2.81. The molecule has 3 heterocycles. The van der Waals surface area contributed by atoms with E-state index in [0.717, 1.165) is 6.20 Å². The van der Waals surface area contributed by atoms with Crippen molar-refractivity contribution in [3.8, 4) is 12.0 Å². The predicted molar refractivity (Wildman–Crippen MR) is 105 cm³/mol. The molecule has 15 heteroatoms. The van der Waals surface area contributed by atoms with Crippen molar-refractivity contribution in [2.45, 2.75) is 37.5 Å². The lowest BCUT2D eigenvalue weighted by atomic mass is 10.0. The number of anilines is 2. The first-order valence-electron chi connectivity index (χ1n) is 9.56. The summed E-state index contributed by atoms with van der Waals surface area (Å²) in [7, 11) is 0. The van der Waals surface area contributed by atoms with Gasteiger partial charge in [-0.3, -0.25) is 4.98 Å². The summed E-state index contributed by atoms with van der Waals surface area (Å²) in [6.45, 7) is 0.693. The highest BCUT2D eigenvalue weighted by Gasteiger charge is 2.46. The van der Waals surface area contributed by atoms with E-state index in [4.69, 9.17) is 0 Å². The van der Waals surface area contributed by atoms with Gasteiger partial charge in [-0.1, -0.05) is 0 Å². The molecule has 1 fully saturated rings. The second kappa shape index (κ2) is 8.04. The van der Waals surface area contributed by atoms with Gasteiger partial charge in [0.2, 0.25) is 5.95 Å². The molecule has 4 rings (SSSR count). The molecule has 0 bridgehead atoms. The number of halogens is 6. The van der Waals surface area contributed by atoms with Crippen molar-refractivity contribution in [1.29, 1.82) is 5.26 Å². The number of alkyl halides is 6. The van der Waals surface area contributed by atoms with Gasteiger partial charge in [0.15, 0.2) is 5.69 Å². The molecular weight excluding hydrogens is 468 g/mol. The van der Waals surface area contributed by atoms with Crippen LogP contribution in [0.15, 0.2) is 35.6 Å². The van der Waals surface area contributed by atoms with Crippen molar-refractivity contribution in [2.24, 2.45) is 4.99 Å². The Hall–Kier alpha value is -4.09. The van der Waals surface area contributed by atoms with Gasteiger partial charge in [0.1, 0.15) is 5.71 Å². The number of nitrogens with zero attached hydrogens (tertiary/aromatic N) is 8. The lowest BCUT2D eigenvalue weighted by Gasteiger charge is -2.11. The molecule has 0 amide bonds. The van der Waals surface area contributed by atoms with Crippen LogP contribution in [0.25, 0.3) is 5.95 Å². The van der Waals surface area contributed by atoms with Crippen molar-refractivity contribution < 1.29 is 26.3 Å². The number of nitriles is 1. The van der Waals surface area contributed by atoms with Gasteiger partial charge in [-0.25, -0.2) is 9.67 Å². The molecule has 3 aromatic rings. The first kappa shape index (κ1) is 23.1. The summed E-state index contributed by atoms with van der Waals surface area (Å²) in [6.07, 6.45) is -5.93. The van der Waals surface area contributed by atoms with Crippen LogP contribution in [0.5, 0.6) is 0 Å². The molecule has 0 atom stereocenters. The van der Waals surface area contributed by atoms with E-state index in [1.54, 1.807) is 6.07 Å². The highest BCUT2D eigenvalue weighted by Crippen LogP contribution is 2.47. The van der Waals surface area contributed by atoms with E-state index < -0.39 is 41.1 Å². The lowest BCUT2D eigenvalue weighted by Crippen LogP contribution is -2.19. The first-order chi connectivity index (χ1) is 15.9. The van der Waals surface area contributed by atoms with Crippen LogP contribution in [-0.2, 0) is 11.6 Å². The number of hydrogen-bond donors (Lipinski definition) is 1. The predicted octanol–water partition coefficient (Wildman–Crippen LogP) is 4.42. The van der Waals surface area contributed by atoms with Crippen LogP contribution in [0, 0.1) is 11.3 Å². The number of hydrogen-bond acceptors (Lipinski definition) is 8. The summed E-state index contributed by atoms with van der Waals surface area (Å²) in [4.78, 5) is 19.0. The Bertz CT molecular complexity index is 1300. The highest BCUT2D eigenvalue weighted by atomic mass is 19.4. The molecule has 9 nitrogen and oxygen atoms in total. The molecule has 1 N–H and O–H groups in total. The van der Waals surface area contributed by atoms with Crippen molar-refractivity contribution in [3.05, 3.63) is 42.0 Å². The molecule has 1 aliphatic carbocycles. The minimum absolute atomic E-state index is 0.304. The van der Waals surface area contributed by atoms with Gasteiger partial charge in [-0.05, 0) is 38.0 Å². The van der Waals surface area contributed by atoms with Crippen LogP contribution in [0.4, 0.5) is 43.9 Å². The fraction of sp³-hybridized carbons (Fsp3) is 0.316. The number of aliphatic imine (C=N–C) groups is 1. The third kappa shape index (κ3) is 4.80. The molecule has 34 heavy (non-hydrogen) atoms. The maximum absolute atomic E-state index is 12.9. The highest BCUT2D eigenvalue weighted by molar-refractivity contribution is 5.89. The number of nitrogens with one attached hydrogen (secondary N) is 1. The standard InChI is InChI=1S/C19H13F6N9/c1-10(18(20,21)22)28-14-30-15(29-11-2-6-27-13(8-11)17(9-26)4-5-17)32-16(31-14)34-7-3-12(33-34)19(23,24)25/h2-3,6-8H,4-5H2,1H3,(H,27,29,30,31,32). The summed E-state index contributed by atoms with van der Waals surface area (Å²) >= 11 is 0. The van der Waals surface area contributed by atoms with E-state index in [2.05, 4.69) is 41.4 Å². The largest absolute Gasteiger partial charge is 0.435 e. The van der Waals surface area contributed by atoms with Crippen molar-refractivity contribution in [1.82, 2.24) is 29.7 Å². The molecule has 176 valence electrons. The minimum atomic E-state index is -4.77. The zero-order valence-corrected chi connectivity index (χ0v) is 17.1. The minimum Gasteiger partial charge on any atom is -0.324 e. The van der Waals surface area contributed by atoms with Crippen molar-refractivity contribution >= 4 is 23.3 Å². The van der Waals surface area contributed by atoms with Crippen LogP contribution in [0.3, 0.4) is 0 Å². The van der Waals surface area contributed by atoms with Crippen LogP contribution in [-0.4, -0.2) is 41.6 Å². The third-order valence-corrected chi connectivity index (χ3v) is 4.84. The van der Waals surface area contributed by atoms with Crippen molar-refractivity contribution in [2.75, 3.05) is 5.32 Å². The third-order valence-electron chi connectivity index (χ3n) is 4.84. The number of aromatic nitrogens is 6. The second-order valence-electron chi connectivity index (χ2n) is 7.35. The van der Waals surface area contributed by atoms with E-state index in [1.165, 1.54) is 12.3 Å². The van der Waals surface area contributed by atoms with Crippen LogP contribution in [0.1, 0.15) is 31.2 Å².